The molecule has 3 aromatic rings. The van der Waals surface area contributed by atoms with Gasteiger partial charge in [-0.25, -0.2) is 18.0 Å². The summed E-state index contributed by atoms with van der Waals surface area (Å²) in [6.07, 6.45) is -0.325. The number of fused-ring (bicyclic) bond motifs is 1. The van der Waals surface area contributed by atoms with Crippen LogP contribution in [0.2, 0.25) is 0 Å². The summed E-state index contributed by atoms with van der Waals surface area (Å²) in [6, 6.07) is 6.89. The maximum atomic E-state index is 14.4. The lowest BCUT2D eigenvalue weighted by Gasteiger charge is -2.35. The topological polar surface area (TPSA) is 97.2 Å². The van der Waals surface area contributed by atoms with Gasteiger partial charge in [0.05, 0.1) is 11.2 Å². The molecule has 1 fully saturated rings. The van der Waals surface area contributed by atoms with Gasteiger partial charge in [-0.15, -0.1) is 0 Å². The lowest BCUT2D eigenvalue weighted by Crippen LogP contribution is -2.44. The number of aromatic nitrogens is 1. The summed E-state index contributed by atoms with van der Waals surface area (Å²) >= 11 is 0. The first kappa shape index (κ1) is 20.8. The number of hydrogen-bond donors (Lipinski definition) is 3. The van der Waals surface area contributed by atoms with E-state index in [-0.39, 0.29) is 11.4 Å². The Morgan fingerprint density at radius 1 is 1.13 bits per heavy atom. The molecule has 1 atom stereocenters. The molecule has 0 unspecified atom stereocenters. The van der Waals surface area contributed by atoms with E-state index in [0.717, 1.165) is 6.07 Å². The minimum Gasteiger partial charge on any atom is -0.446 e. The molecule has 9 heteroatoms. The lowest BCUT2D eigenvalue weighted by molar-refractivity contribution is -0.119. The number of aromatic amines is 1. The number of rotatable bonds is 5. The highest BCUT2D eigenvalue weighted by Crippen LogP contribution is 2.46. The van der Waals surface area contributed by atoms with E-state index < -0.39 is 41.6 Å². The van der Waals surface area contributed by atoms with Gasteiger partial charge < -0.3 is 20.8 Å². The SMILES string of the molecule is C[C@H](NC(=O)OC1CC(c2c(-c3ccc(F)cc3)[nH]c3c(F)cc(F)cc23)C1)C(N)=O. The van der Waals surface area contributed by atoms with Gasteiger partial charge >= 0.3 is 6.09 Å². The molecule has 162 valence electrons. The van der Waals surface area contributed by atoms with Crippen LogP contribution in [0.15, 0.2) is 36.4 Å². The van der Waals surface area contributed by atoms with Gasteiger partial charge in [0.2, 0.25) is 5.91 Å². The molecule has 0 radical (unpaired) electrons. The zero-order valence-corrected chi connectivity index (χ0v) is 16.5. The molecule has 0 aliphatic heterocycles. The molecule has 0 saturated heterocycles. The number of nitrogens with one attached hydrogen (secondary N) is 2. The molecule has 1 aliphatic carbocycles. The van der Waals surface area contributed by atoms with Gasteiger partial charge in [0, 0.05) is 11.5 Å². The molecule has 4 N–H and O–H groups in total. The monoisotopic (exact) mass is 431 g/mol. The average Bonchev–Trinajstić information content (AvgIpc) is 3.04. The van der Waals surface area contributed by atoms with Gasteiger partial charge in [-0.3, -0.25) is 4.79 Å². The van der Waals surface area contributed by atoms with E-state index in [2.05, 4.69) is 10.3 Å². The number of carbonyl (C=O) groups is 2. The number of primary amides is 1. The summed E-state index contributed by atoms with van der Waals surface area (Å²) in [5, 5.41) is 2.73. The van der Waals surface area contributed by atoms with Gasteiger partial charge in [0.15, 0.2) is 0 Å². The summed E-state index contributed by atoms with van der Waals surface area (Å²) in [6.45, 7) is 1.44. The average molecular weight is 431 g/mol. The molecular formula is C22H20F3N3O3. The van der Waals surface area contributed by atoms with Crippen LogP contribution in [-0.4, -0.2) is 29.1 Å². The Labute approximate surface area is 175 Å². The standard InChI is InChI=1S/C22H20F3N3O3/c1-10(21(26)29)27-22(30)31-15-6-12(7-15)18-16-8-14(24)9-17(25)20(16)28-19(18)11-2-4-13(23)5-3-11/h2-5,8-10,12,15,28H,6-7H2,1H3,(H2,26,29)(H,27,30)/t10-,12?,15?/m0/s1. The third kappa shape index (κ3) is 4.08. The predicted octanol–water partition coefficient (Wildman–Crippen LogP) is 4.10. The molecule has 0 spiro atoms. The number of alkyl carbamates (subject to hydrolysis) is 1. The van der Waals surface area contributed by atoms with E-state index in [1.54, 1.807) is 12.1 Å². The van der Waals surface area contributed by atoms with E-state index in [1.165, 1.54) is 25.1 Å². The van der Waals surface area contributed by atoms with E-state index in [1.807, 2.05) is 0 Å². The van der Waals surface area contributed by atoms with Gasteiger partial charge in [-0.2, -0.15) is 0 Å². The molecule has 0 bridgehead atoms. The minimum atomic E-state index is -0.868. The second-order valence-corrected chi connectivity index (χ2v) is 7.69. The number of hydrogen-bond acceptors (Lipinski definition) is 3. The maximum absolute atomic E-state index is 14.4. The predicted molar refractivity (Wildman–Crippen MR) is 108 cm³/mol. The highest BCUT2D eigenvalue weighted by molar-refractivity contribution is 5.92. The first-order valence-corrected chi connectivity index (χ1v) is 9.76. The molecule has 1 aliphatic rings. The Morgan fingerprint density at radius 3 is 2.45 bits per heavy atom. The van der Waals surface area contributed by atoms with Crippen LogP contribution in [0.4, 0.5) is 18.0 Å². The molecular weight excluding hydrogens is 411 g/mol. The van der Waals surface area contributed by atoms with Crippen molar-refractivity contribution in [3.8, 4) is 11.3 Å². The van der Waals surface area contributed by atoms with E-state index >= 15 is 0 Å². The molecule has 1 heterocycles. The van der Waals surface area contributed by atoms with Crippen LogP contribution in [0, 0.1) is 17.5 Å². The second kappa shape index (κ2) is 7.98. The Kier molecular flexibility index (Phi) is 5.34. The van der Waals surface area contributed by atoms with Crippen LogP contribution in [0.1, 0.15) is 31.2 Å². The number of amides is 2. The van der Waals surface area contributed by atoms with Crippen LogP contribution in [0.25, 0.3) is 22.2 Å². The Hall–Kier alpha value is -3.49. The fourth-order valence-corrected chi connectivity index (χ4v) is 3.84. The molecule has 4 rings (SSSR count). The molecule has 31 heavy (non-hydrogen) atoms. The van der Waals surface area contributed by atoms with Crippen molar-refractivity contribution in [1.29, 1.82) is 0 Å². The number of benzene rings is 2. The normalized spacial score (nSPS) is 19.0. The van der Waals surface area contributed by atoms with E-state index in [9.17, 15) is 22.8 Å². The van der Waals surface area contributed by atoms with E-state index in [4.69, 9.17) is 10.5 Å². The fraction of sp³-hybridized carbons (Fsp3) is 0.273. The zero-order chi connectivity index (χ0) is 22.3. The summed E-state index contributed by atoms with van der Waals surface area (Å²) in [5.41, 5.74) is 7.15. The highest BCUT2D eigenvalue weighted by atomic mass is 19.1. The summed E-state index contributed by atoms with van der Waals surface area (Å²) in [4.78, 5) is 25.9. The van der Waals surface area contributed by atoms with Crippen LogP contribution in [0.5, 0.6) is 0 Å². The van der Waals surface area contributed by atoms with E-state index in [0.29, 0.717) is 35.0 Å². The highest BCUT2D eigenvalue weighted by Gasteiger charge is 2.37. The minimum absolute atomic E-state index is 0.138. The number of H-pyrrole nitrogens is 1. The van der Waals surface area contributed by atoms with Crippen LogP contribution >= 0.6 is 0 Å². The number of halogens is 3. The van der Waals surface area contributed by atoms with Crippen molar-refractivity contribution in [2.24, 2.45) is 5.73 Å². The number of carbonyl (C=O) groups excluding carboxylic acids is 2. The van der Waals surface area contributed by atoms with Gasteiger partial charge in [-0.1, -0.05) is 0 Å². The van der Waals surface area contributed by atoms with Crippen LogP contribution in [-0.2, 0) is 9.53 Å². The quantitative estimate of drug-likeness (QED) is 0.567. The summed E-state index contributed by atoms with van der Waals surface area (Å²) in [7, 11) is 0. The summed E-state index contributed by atoms with van der Waals surface area (Å²) < 4.78 is 47.0. The first-order chi connectivity index (χ1) is 14.7. The maximum Gasteiger partial charge on any atom is 0.408 e. The van der Waals surface area contributed by atoms with Crippen molar-refractivity contribution >= 4 is 22.9 Å². The Bertz CT molecular complexity index is 1150. The Balaban J connectivity index is 1.60. The largest absolute Gasteiger partial charge is 0.446 e. The van der Waals surface area contributed by atoms with Gasteiger partial charge in [-0.05, 0) is 67.1 Å². The molecule has 2 aromatic carbocycles. The van der Waals surface area contributed by atoms with Gasteiger partial charge in [0.1, 0.15) is 29.6 Å². The lowest BCUT2D eigenvalue weighted by atomic mass is 9.75. The van der Waals surface area contributed by atoms with Crippen LogP contribution < -0.4 is 11.1 Å². The Morgan fingerprint density at radius 2 is 1.81 bits per heavy atom. The fourth-order valence-electron chi connectivity index (χ4n) is 3.84. The molecule has 2 amide bonds. The smallest absolute Gasteiger partial charge is 0.408 e. The van der Waals surface area contributed by atoms with Crippen molar-refractivity contribution in [3.05, 3.63) is 59.4 Å². The van der Waals surface area contributed by atoms with Crippen molar-refractivity contribution < 1.29 is 27.5 Å². The van der Waals surface area contributed by atoms with Crippen LogP contribution in [0.3, 0.4) is 0 Å². The third-order valence-corrected chi connectivity index (χ3v) is 5.54. The zero-order valence-electron chi connectivity index (χ0n) is 16.5. The summed E-state index contributed by atoms with van der Waals surface area (Å²) in [5.74, 6) is -2.66. The van der Waals surface area contributed by atoms with Gasteiger partial charge in [0.25, 0.3) is 0 Å². The van der Waals surface area contributed by atoms with Crippen molar-refractivity contribution in [3.63, 3.8) is 0 Å². The second-order valence-electron chi connectivity index (χ2n) is 7.69. The van der Waals surface area contributed by atoms with Crippen molar-refractivity contribution in [1.82, 2.24) is 10.3 Å². The number of nitrogens with two attached hydrogens (primary N) is 1. The third-order valence-electron chi connectivity index (χ3n) is 5.54. The first-order valence-electron chi connectivity index (χ1n) is 9.76. The number of ether oxygens (including phenoxy) is 1. The molecule has 1 aromatic heterocycles. The molecule has 1 saturated carbocycles. The molecule has 6 nitrogen and oxygen atoms in total. The van der Waals surface area contributed by atoms with Crippen molar-refractivity contribution in [2.45, 2.75) is 37.8 Å². The van der Waals surface area contributed by atoms with Crippen molar-refractivity contribution in [2.75, 3.05) is 0 Å².